The molecule has 0 saturated heterocycles. The van der Waals surface area contributed by atoms with E-state index < -0.39 is 5.82 Å². The molecule has 0 unspecified atom stereocenters. The summed E-state index contributed by atoms with van der Waals surface area (Å²) in [7, 11) is 1.64. The Bertz CT molecular complexity index is 857. The molecule has 1 aromatic carbocycles. The maximum absolute atomic E-state index is 13.3. The number of hydrogen-bond acceptors (Lipinski definition) is 6. The molecule has 2 aromatic rings. The van der Waals surface area contributed by atoms with E-state index >= 15 is 0 Å². The highest BCUT2D eigenvalue weighted by Gasteiger charge is 2.08. The van der Waals surface area contributed by atoms with Gasteiger partial charge in [-0.3, -0.25) is 4.99 Å². The standard InChI is InChI=1S/C19H22ClFN6O/c1-13(27-15-4-5-18(21)17(20)8-15)26-11-16(14-9-23-12-24-10-14)19(22)25-6-3-7-28-2/h4-5,8-12,26-27H,1,3,6-7H2,2H3,(H2,22,25). The van der Waals surface area contributed by atoms with E-state index in [9.17, 15) is 4.39 Å². The van der Waals surface area contributed by atoms with Gasteiger partial charge in [-0.2, -0.15) is 0 Å². The molecule has 0 bridgehead atoms. The first kappa shape index (κ1) is 21.3. The van der Waals surface area contributed by atoms with Gasteiger partial charge in [0.15, 0.2) is 0 Å². The summed E-state index contributed by atoms with van der Waals surface area (Å²) < 4.78 is 18.3. The van der Waals surface area contributed by atoms with Gasteiger partial charge in [0.1, 0.15) is 18.0 Å². The molecule has 0 radical (unpaired) electrons. The lowest BCUT2D eigenvalue weighted by atomic mass is 10.1. The summed E-state index contributed by atoms with van der Waals surface area (Å²) >= 11 is 5.79. The zero-order valence-corrected chi connectivity index (χ0v) is 16.2. The van der Waals surface area contributed by atoms with Gasteiger partial charge >= 0.3 is 0 Å². The number of aromatic nitrogens is 2. The third-order valence-electron chi connectivity index (χ3n) is 3.54. The summed E-state index contributed by atoms with van der Waals surface area (Å²) in [5, 5.41) is 6.00. The zero-order chi connectivity index (χ0) is 20.4. The molecule has 0 aliphatic carbocycles. The third kappa shape index (κ3) is 6.64. The van der Waals surface area contributed by atoms with Crippen LogP contribution in [0, 0.1) is 5.82 Å². The highest BCUT2D eigenvalue weighted by Crippen LogP contribution is 2.20. The van der Waals surface area contributed by atoms with Crippen molar-refractivity contribution in [2.45, 2.75) is 6.42 Å². The fourth-order valence-corrected chi connectivity index (χ4v) is 2.36. The number of aliphatic imine (C=N–C) groups is 1. The van der Waals surface area contributed by atoms with Crippen molar-refractivity contribution in [3.8, 4) is 0 Å². The van der Waals surface area contributed by atoms with Gasteiger partial charge in [-0.25, -0.2) is 14.4 Å². The first-order valence-electron chi connectivity index (χ1n) is 8.43. The highest BCUT2D eigenvalue weighted by atomic mass is 35.5. The van der Waals surface area contributed by atoms with E-state index in [4.69, 9.17) is 22.1 Å². The maximum Gasteiger partial charge on any atom is 0.141 e. The Morgan fingerprint density at radius 2 is 2.14 bits per heavy atom. The second kappa shape index (κ2) is 11.0. The lowest BCUT2D eigenvalue weighted by Gasteiger charge is -2.12. The van der Waals surface area contributed by atoms with Gasteiger partial charge < -0.3 is 21.1 Å². The maximum atomic E-state index is 13.3. The van der Waals surface area contributed by atoms with Crippen LogP contribution in [0.2, 0.25) is 5.02 Å². The first-order chi connectivity index (χ1) is 13.5. The van der Waals surface area contributed by atoms with Crippen molar-refractivity contribution in [2.75, 3.05) is 25.6 Å². The Balaban J connectivity index is 2.12. The first-order valence-corrected chi connectivity index (χ1v) is 8.81. The minimum absolute atomic E-state index is 0.0166. The van der Waals surface area contributed by atoms with Crippen molar-refractivity contribution in [3.63, 3.8) is 0 Å². The van der Waals surface area contributed by atoms with E-state index in [0.717, 1.165) is 6.42 Å². The van der Waals surface area contributed by atoms with E-state index in [1.807, 2.05) is 0 Å². The van der Waals surface area contributed by atoms with Gasteiger partial charge in [0.2, 0.25) is 0 Å². The normalized spacial score (nSPS) is 12.0. The fourth-order valence-electron chi connectivity index (χ4n) is 2.18. The second-order valence-corrected chi connectivity index (χ2v) is 6.08. The van der Waals surface area contributed by atoms with Crippen molar-refractivity contribution >= 4 is 28.7 Å². The molecule has 0 saturated carbocycles. The van der Waals surface area contributed by atoms with E-state index in [1.54, 1.807) is 31.8 Å². The molecule has 1 heterocycles. The number of halogens is 2. The molecule has 0 atom stereocenters. The van der Waals surface area contributed by atoms with Crippen molar-refractivity contribution in [1.82, 2.24) is 15.3 Å². The van der Waals surface area contributed by atoms with Crippen molar-refractivity contribution in [2.24, 2.45) is 10.7 Å². The molecule has 0 amide bonds. The molecule has 7 nitrogen and oxygen atoms in total. The van der Waals surface area contributed by atoms with E-state index in [-0.39, 0.29) is 5.02 Å². The predicted octanol–water partition coefficient (Wildman–Crippen LogP) is 3.18. The van der Waals surface area contributed by atoms with Gasteiger partial charge in [-0.1, -0.05) is 18.2 Å². The van der Waals surface area contributed by atoms with Gasteiger partial charge in [-0.05, 0) is 24.6 Å². The number of nitrogens with two attached hydrogens (primary N) is 1. The number of rotatable bonds is 10. The summed E-state index contributed by atoms with van der Waals surface area (Å²) in [6.07, 6.45) is 7.10. The molecule has 0 aliphatic rings. The number of amidine groups is 1. The molecule has 0 fully saturated rings. The monoisotopic (exact) mass is 404 g/mol. The molecule has 148 valence electrons. The van der Waals surface area contributed by atoms with Crippen molar-refractivity contribution in [3.05, 3.63) is 71.9 Å². The molecule has 28 heavy (non-hydrogen) atoms. The van der Waals surface area contributed by atoms with E-state index in [1.165, 1.54) is 18.5 Å². The smallest absolute Gasteiger partial charge is 0.141 e. The van der Waals surface area contributed by atoms with E-state index in [2.05, 4.69) is 32.2 Å². The van der Waals surface area contributed by atoms with Gasteiger partial charge in [0.25, 0.3) is 0 Å². The summed E-state index contributed by atoms with van der Waals surface area (Å²) in [6, 6.07) is 4.28. The van der Waals surface area contributed by atoms with Crippen LogP contribution in [-0.4, -0.2) is 36.1 Å². The largest absolute Gasteiger partial charge is 0.385 e. The van der Waals surface area contributed by atoms with Crippen molar-refractivity contribution < 1.29 is 9.13 Å². The number of hydrogen-bond donors (Lipinski definition) is 3. The van der Waals surface area contributed by atoms with Crippen LogP contribution in [0.25, 0.3) is 5.57 Å². The lowest BCUT2D eigenvalue weighted by Crippen LogP contribution is -2.20. The average molecular weight is 405 g/mol. The minimum Gasteiger partial charge on any atom is -0.385 e. The topological polar surface area (TPSA) is 97.5 Å². The number of nitrogens with one attached hydrogen (secondary N) is 2. The van der Waals surface area contributed by atoms with Crippen LogP contribution in [0.1, 0.15) is 12.0 Å². The quantitative estimate of drug-likeness (QED) is 0.319. The van der Waals surface area contributed by atoms with Crippen LogP contribution in [0.5, 0.6) is 0 Å². The fraction of sp³-hybridized carbons (Fsp3) is 0.211. The molecule has 1 aromatic heterocycles. The molecule has 0 aliphatic heterocycles. The molecule has 9 heteroatoms. The van der Waals surface area contributed by atoms with Crippen LogP contribution < -0.4 is 16.4 Å². The predicted molar refractivity (Wildman–Crippen MR) is 110 cm³/mol. The third-order valence-corrected chi connectivity index (χ3v) is 3.83. The molecular formula is C19H22ClFN6O. The summed E-state index contributed by atoms with van der Waals surface area (Å²) in [6.45, 7) is 5.01. The summed E-state index contributed by atoms with van der Waals surface area (Å²) in [5.74, 6) is 0.273. The second-order valence-electron chi connectivity index (χ2n) is 5.68. The van der Waals surface area contributed by atoms with Crippen molar-refractivity contribution in [1.29, 1.82) is 0 Å². The van der Waals surface area contributed by atoms with Crippen LogP contribution in [0.15, 0.2) is 60.5 Å². The average Bonchev–Trinajstić information content (AvgIpc) is 2.69. The lowest BCUT2D eigenvalue weighted by molar-refractivity contribution is 0.197. The van der Waals surface area contributed by atoms with E-state index in [0.29, 0.717) is 41.6 Å². The Morgan fingerprint density at radius 3 is 2.82 bits per heavy atom. The number of benzene rings is 1. The van der Waals surface area contributed by atoms with Crippen LogP contribution >= 0.6 is 11.6 Å². The Hall–Kier alpha value is -2.97. The zero-order valence-electron chi connectivity index (χ0n) is 15.5. The minimum atomic E-state index is -0.491. The van der Waals surface area contributed by atoms with Gasteiger partial charge in [0, 0.05) is 55.7 Å². The Kier molecular flexibility index (Phi) is 8.38. The highest BCUT2D eigenvalue weighted by molar-refractivity contribution is 6.31. The summed E-state index contributed by atoms with van der Waals surface area (Å²) in [5.41, 5.74) is 8.03. The SMILES string of the molecule is C=C(NC=C(C(N)=NCCCOC)c1cncnc1)Nc1ccc(F)c(Cl)c1. The van der Waals surface area contributed by atoms with Gasteiger partial charge in [0.05, 0.1) is 10.8 Å². The van der Waals surface area contributed by atoms with Gasteiger partial charge in [-0.15, -0.1) is 0 Å². The van der Waals surface area contributed by atoms with Crippen LogP contribution in [0.3, 0.4) is 0 Å². The molecule has 2 rings (SSSR count). The Labute approximate surface area is 168 Å². The molecule has 4 N–H and O–H groups in total. The number of nitrogens with zero attached hydrogens (tertiary/aromatic N) is 3. The Morgan fingerprint density at radius 1 is 1.39 bits per heavy atom. The molecule has 0 spiro atoms. The number of anilines is 1. The number of methoxy groups -OCH3 is 1. The van der Waals surface area contributed by atoms with Crippen LogP contribution in [0.4, 0.5) is 10.1 Å². The summed E-state index contributed by atoms with van der Waals surface area (Å²) in [4.78, 5) is 12.4. The van der Waals surface area contributed by atoms with Crippen LogP contribution in [-0.2, 0) is 4.74 Å². The number of ether oxygens (including phenoxy) is 1. The molecular weight excluding hydrogens is 383 g/mol.